The Balaban J connectivity index is 2.13. The zero-order chi connectivity index (χ0) is 22.9. The number of ether oxygens (including phenoxy) is 1. The summed E-state index contributed by atoms with van der Waals surface area (Å²) >= 11 is 0. The Morgan fingerprint density at radius 2 is 1.77 bits per heavy atom. The van der Waals surface area contributed by atoms with Crippen molar-refractivity contribution < 1.29 is 22.7 Å². The second kappa shape index (κ2) is 8.68. The van der Waals surface area contributed by atoms with E-state index in [1.165, 1.54) is 24.9 Å². The molecule has 166 valence electrons. The summed E-state index contributed by atoms with van der Waals surface area (Å²) in [6.07, 6.45) is -0.779. The molecule has 0 bridgehead atoms. The smallest absolute Gasteiger partial charge is 0.414 e. The van der Waals surface area contributed by atoms with Crippen LogP contribution in [0, 0.1) is 0 Å². The van der Waals surface area contributed by atoms with E-state index < -0.39 is 16.1 Å². The zero-order valence-corrected chi connectivity index (χ0v) is 19.1. The summed E-state index contributed by atoms with van der Waals surface area (Å²) in [4.78, 5) is 28.4. The fourth-order valence-electron chi connectivity index (χ4n) is 3.68. The van der Waals surface area contributed by atoms with Gasteiger partial charge in [0.2, 0.25) is 15.9 Å². The molecule has 3 rings (SSSR count). The minimum atomic E-state index is -3.60. The highest BCUT2D eigenvalue weighted by atomic mass is 32.2. The summed E-state index contributed by atoms with van der Waals surface area (Å²) in [5.74, 6) is -0.125. The topological polar surface area (TPSA) is 96.0 Å². The number of hydrogen-bond donors (Lipinski definition) is 1. The molecule has 1 aliphatic heterocycles. The molecule has 31 heavy (non-hydrogen) atoms. The van der Waals surface area contributed by atoms with E-state index in [1.54, 1.807) is 49.1 Å². The molecule has 0 spiro atoms. The molecule has 1 aliphatic rings. The summed E-state index contributed by atoms with van der Waals surface area (Å²) in [6.45, 7) is 7.20. The minimum Gasteiger partial charge on any atom is -0.446 e. The molecule has 1 N–H and O–H groups in total. The van der Waals surface area contributed by atoms with Crippen LogP contribution in [0.4, 0.5) is 16.2 Å². The van der Waals surface area contributed by atoms with Gasteiger partial charge in [-0.3, -0.25) is 9.69 Å². The molecular formula is C22H27N3O5S. The number of amides is 2. The Morgan fingerprint density at radius 1 is 1.10 bits per heavy atom. The zero-order valence-electron chi connectivity index (χ0n) is 18.2. The van der Waals surface area contributed by atoms with Crippen molar-refractivity contribution in [2.45, 2.75) is 44.7 Å². The molecule has 0 saturated heterocycles. The molecule has 0 aliphatic carbocycles. The molecule has 1 atom stereocenters. The number of hydrogen-bond acceptors (Lipinski definition) is 5. The van der Waals surface area contributed by atoms with Crippen molar-refractivity contribution in [3.05, 3.63) is 42.5 Å². The van der Waals surface area contributed by atoms with E-state index in [0.29, 0.717) is 22.5 Å². The lowest BCUT2D eigenvalue weighted by Gasteiger charge is -2.40. The number of sulfonamides is 1. The second-order valence-corrected chi connectivity index (χ2v) is 9.61. The first-order valence-corrected chi connectivity index (χ1v) is 11.5. The molecule has 2 amide bonds. The lowest BCUT2D eigenvalue weighted by Crippen LogP contribution is -2.51. The Kier molecular flexibility index (Phi) is 6.38. The van der Waals surface area contributed by atoms with Gasteiger partial charge in [0.25, 0.3) is 0 Å². The second-order valence-electron chi connectivity index (χ2n) is 7.72. The van der Waals surface area contributed by atoms with Gasteiger partial charge in [-0.05, 0) is 63.2 Å². The average molecular weight is 446 g/mol. The number of benzene rings is 2. The maximum Gasteiger partial charge on any atom is 0.414 e. The third-order valence-corrected chi connectivity index (χ3v) is 6.47. The van der Waals surface area contributed by atoms with Gasteiger partial charge in [0.15, 0.2) is 0 Å². The number of nitrogens with one attached hydrogen (secondary N) is 1. The largest absolute Gasteiger partial charge is 0.446 e. The minimum absolute atomic E-state index is 0.125. The number of nitrogens with zero attached hydrogens (tertiary/aromatic N) is 2. The molecule has 2 aromatic rings. The van der Waals surface area contributed by atoms with Gasteiger partial charge in [-0.25, -0.2) is 17.9 Å². The van der Waals surface area contributed by atoms with E-state index in [9.17, 15) is 18.0 Å². The number of fused-ring (bicyclic) bond motifs is 1. The molecule has 0 fully saturated rings. The predicted molar refractivity (Wildman–Crippen MR) is 120 cm³/mol. The predicted octanol–water partition coefficient (Wildman–Crippen LogP) is 3.37. The van der Waals surface area contributed by atoms with Crippen molar-refractivity contribution in [3.8, 4) is 11.1 Å². The third kappa shape index (κ3) is 4.57. The van der Waals surface area contributed by atoms with Gasteiger partial charge in [0.05, 0.1) is 28.4 Å². The van der Waals surface area contributed by atoms with Crippen molar-refractivity contribution >= 4 is 33.4 Å². The van der Waals surface area contributed by atoms with Gasteiger partial charge >= 0.3 is 6.09 Å². The highest BCUT2D eigenvalue weighted by Gasteiger charge is 2.34. The van der Waals surface area contributed by atoms with E-state index in [0.717, 1.165) is 0 Å². The number of rotatable bonds is 4. The maximum atomic E-state index is 12.8. The molecule has 9 heteroatoms. The van der Waals surface area contributed by atoms with Crippen LogP contribution in [0.2, 0.25) is 0 Å². The molecular weight excluding hydrogens is 418 g/mol. The van der Waals surface area contributed by atoms with Gasteiger partial charge < -0.3 is 9.64 Å². The maximum absolute atomic E-state index is 12.8. The highest BCUT2D eigenvalue weighted by molar-refractivity contribution is 7.89. The Morgan fingerprint density at radius 3 is 2.39 bits per heavy atom. The summed E-state index contributed by atoms with van der Waals surface area (Å²) in [6, 6.07) is 11.7. The molecule has 8 nitrogen and oxygen atoms in total. The van der Waals surface area contributed by atoms with Gasteiger partial charge in [-0.15, -0.1) is 0 Å². The van der Waals surface area contributed by atoms with Gasteiger partial charge in [0, 0.05) is 13.5 Å². The summed E-state index contributed by atoms with van der Waals surface area (Å²) in [7, 11) is -2.24. The fourth-order valence-corrected chi connectivity index (χ4v) is 4.46. The highest BCUT2D eigenvalue weighted by Crippen LogP contribution is 2.39. The van der Waals surface area contributed by atoms with Crippen LogP contribution in [0.5, 0.6) is 0 Å². The van der Waals surface area contributed by atoms with Crippen molar-refractivity contribution in [2.24, 2.45) is 0 Å². The van der Waals surface area contributed by atoms with Crippen LogP contribution in [0.1, 0.15) is 27.7 Å². The number of carbonyl (C=O) groups excluding carboxylic acids is 2. The first-order valence-electron chi connectivity index (χ1n) is 10.0. The van der Waals surface area contributed by atoms with Crippen molar-refractivity contribution in [3.63, 3.8) is 0 Å². The van der Waals surface area contributed by atoms with Crippen LogP contribution in [0.15, 0.2) is 47.4 Å². The first-order chi connectivity index (χ1) is 14.5. The van der Waals surface area contributed by atoms with Crippen LogP contribution in [0.25, 0.3) is 11.1 Å². The van der Waals surface area contributed by atoms with Crippen LogP contribution >= 0.6 is 0 Å². The normalized spacial score (nSPS) is 16.3. The molecule has 0 radical (unpaired) electrons. The molecule has 1 heterocycles. The summed E-state index contributed by atoms with van der Waals surface area (Å²) < 4.78 is 32.1. The van der Waals surface area contributed by atoms with E-state index in [4.69, 9.17) is 4.74 Å². The third-order valence-electron chi connectivity index (χ3n) is 5.06. The average Bonchev–Trinajstić information content (AvgIpc) is 2.72. The quantitative estimate of drug-likeness (QED) is 0.778. The SMILES string of the molecule is CNS(=O)(=O)c1cccc(-c2ccc3c(c2)N(C(=O)OC(C)C)CC(C)N3C(C)=O)c1. The van der Waals surface area contributed by atoms with Gasteiger partial charge in [-0.2, -0.15) is 0 Å². The Bertz CT molecular complexity index is 1110. The number of anilines is 2. The Labute approximate surface area is 182 Å². The van der Waals surface area contributed by atoms with E-state index in [-0.39, 0.29) is 29.5 Å². The van der Waals surface area contributed by atoms with E-state index >= 15 is 0 Å². The lowest BCUT2D eigenvalue weighted by atomic mass is 10.0. The van der Waals surface area contributed by atoms with Crippen LogP contribution in [-0.2, 0) is 19.6 Å². The van der Waals surface area contributed by atoms with Crippen LogP contribution < -0.4 is 14.5 Å². The van der Waals surface area contributed by atoms with Crippen LogP contribution in [0.3, 0.4) is 0 Å². The lowest BCUT2D eigenvalue weighted by molar-refractivity contribution is -0.117. The standard InChI is InChI=1S/C22H27N3O5S/c1-14(2)30-22(27)24-13-15(3)25(16(4)26)20-10-9-18(12-21(20)24)17-7-6-8-19(11-17)31(28,29)23-5/h6-12,14-15,23H,13H2,1-5H3. The molecule has 0 saturated carbocycles. The summed E-state index contributed by atoms with van der Waals surface area (Å²) in [5.41, 5.74) is 2.53. The van der Waals surface area contributed by atoms with Gasteiger partial charge in [-0.1, -0.05) is 18.2 Å². The molecule has 1 unspecified atom stereocenters. The first kappa shape index (κ1) is 22.8. The fraction of sp³-hybridized carbons (Fsp3) is 0.364. The van der Waals surface area contributed by atoms with Gasteiger partial charge in [0.1, 0.15) is 0 Å². The van der Waals surface area contributed by atoms with Crippen LogP contribution in [-0.4, -0.2) is 46.2 Å². The molecule has 0 aromatic heterocycles. The Hall–Kier alpha value is -2.91. The van der Waals surface area contributed by atoms with E-state index in [2.05, 4.69) is 4.72 Å². The van der Waals surface area contributed by atoms with E-state index in [1.807, 2.05) is 13.0 Å². The number of carbonyl (C=O) groups is 2. The van der Waals surface area contributed by atoms with Crippen molar-refractivity contribution in [1.29, 1.82) is 0 Å². The molecule has 2 aromatic carbocycles. The van der Waals surface area contributed by atoms with Crippen molar-refractivity contribution in [1.82, 2.24) is 4.72 Å². The van der Waals surface area contributed by atoms with Crippen molar-refractivity contribution in [2.75, 3.05) is 23.4 Å². The monoisotopic (exact) mass is 445 g/mol. The summed E-state index contributed by atoms with van der Waals surface area (Å²) in [5, 5.41) is 0.